The fraction of sp³-hybridized carbons (Fsp3) is 1.00. The number of hydrogen-bond donors (Lipinski definition) is 2. The fourth-order valence-corrected chi connectivity index (χ4v) is 1.64. The van der Waals surface area contributed by atoms with Gasteiger partial charge in [0.05, 0.1) is 19.3 Å². The normalized spacial score (nSPS) is 13.7. The Kier molecular flexibility index (Phi) is 11.3. The zero-order valence-corrected chi connectivity index (χ0v) is 11.6. The van der Waals surface area contributed by atoms with E-state index >= 15 is 0 Å². The van der Waals surface area contributed by atoms with Crippen LogP contribution in [0, 0.1) is 0 Å². The molecule has 0 radical (unpaired) electrons. The molecule has 0 fully saturated rings. The first kappa shape index (κ1) is 18.7. The van der Waals surface area contributed by atoms with E-state index in [9.17, 15) is 18.3 Å². The Morgan fingerprint density at radius 2 is 1.74 bits per heavy atom. The largest absolute Gasteiger partial charge is 0.401 e. The van der Waals surface area contributed by atoms with Crippen LogP contribution in [0.2, 0.25) is 0 Å². The van der Waals surface area contributed by atoms with Gasteiger partial charge >= 0.3 is 6.18 Å². The summed E-state index contributed by atoms with van der Waals surface area (Å²) in [5.74, 6) is 0. The number of alkyl halides is 3. The first-order valence-electron chi connectivity index (χ1n) is 6.99. The summed E-state index contributed by atoms with van der Waals surface area (Å²) < 4.78 is 40.6. The van der Waals surface area contributed by atoms with Gasteiger partial charge in [-0.25, -0.2) is 0 Å². The predicted octanol–water partition coefficient (Wildman–Crippen LogP) is 2.88. The molecule has 0 bridgehead atoms. The lowest BCUT2D eigenvalue weighted by Gasteiger charge is -2.13. The Labute approximate surface area is 113 Å². The molecule has 0 aliphatic heterocycles. The van der Waals surface area contributed by atoms with Gasteiger partial charge in [-0.2, -0.15) is 13.2 Å². The monoisotopic (exact) mass is 285 g/mol. The summed E-state index contributed by atoms with van der Waals surface area (Å²) in [5.41, 5.74) is 0. The van der Waals surface area contributed by atoms with E-state index in [-0.39, 0.29) is 13.2 Å². The Morgan fingerprint density at radius 3 is 2.37 bits per heavy atom. The molecule has 0 rings (SSSR count). The van der Waals surface area contributed by atoms with Crippen molar-refractivity contribution < 1.29 is 23.0 Å². The lowest BCUT2D eigenvalue weighted by molar-refractivity contribution is -0.125. The minimum atomic E-state index is -4.24. The molecule has 1 unspecified atom stereocenters. The third-order valence-electron chi connectivity index (χ3n) is 2.66. The van der Waals surface area contributed by atoms with Gasteiger partial charge in [-0.15, -0.1) is 0 Å². The number of rotatable bonds is 12. The zero-order valence-electron chi connectivity index (χ0n) is 11.6. The average Bonchev–Trinajstić information content (AvgIpc) is 2.31. The molecule has 1 atom stereocenters. The summed E-state index contributed by atoms with van der Waals surface area (Å²) in [7, 11) is 0. The molecule has 19 heavy (non-hydrogen) atoms. The zero-order chi connectivity index (χ0) is 14.6. The molecule has 3 nitrogen and oxygen atoms in total. The Bertz CT molecular complexity index is 201. The summed E-state index contributed by atoms with van der Waals surface area (Å²) in [4.78, 5) is 0. The molecule has 0 aliphatic rings. The number of aliphatic hydroxyl groups is 1. The highest BCUT2D eigenvalue weighted by Crippen LogP contribution is 2.12. The van der Waals surface area contributed by atoms with Crippen LogP contribution in [0.5, 0.6) is 0 Å². The standard InChI is InChI=1S/C13H26F3NO2/c1-2-3-4-5-6-7-8-19-10-12(18)9-17-11-13(14,15)16/h12,17-18H,2-11H2,1H3. The van der Waals surface area contributed by atoms with Crippen LogP contribution in [0.1, 0.15) is 45.4 Å². The number of unbranched alkanes of at least 4 members (excludes halogenated alkanes) is 5. The quantitative estimate of drug-likeness (QED) is 0.542. The number of ether oxygens (including phenoxy) is 1. The van der Waals surface area contributed by atoms with Crippen molar-refractivity contribution in [1.82, 2.24) is 5.32 Å². The van der Waals surface area contributed by atoms with Gasteiger partial charge in [0.2, 0.25) is 0 Å². The van der Waals surface area contributed by atoms with E-state index in [0.29, 0.717) is 6.61 Å². The highest BCUT2D eigenvalue weighted by atomic mass is 19.4. The van der Waals surface area contributed by atoms with Crippen LogP contribution >= 0.6 is 0 Å². The summed E-state index contributed by atoms with van der Waals surface area (Å²) in [6.07, 6.45) is 1.81. The smallest absolute Gasteiger partial charge is 0.389 e. The first-order chi connectivity index (χ1) is 8.95. The molecular formula is C13H26F3NO2. The Balaban J connectivity index is 3.23. The van der Waals surface area contributed by atoms with Crippen molar-refractivity contribution in [2.45, 2.75) is 57.7 Å². The molecule has 0 heterocycles. The highest BCUT2D eigenvalue weighted by molar-refractivity contribution is 4.61. The number of hydrogen-bond acceptors (Lipinski definition) is 3. The van der Waals surface area contributed by atoms with Gasteiger partial charge in [-0.1, -0.05) is 39.0 Å². The molecule has 0 amide bonds. The van der Waals surface area contributed by atoms with Crippen molar-refractivity contribution in [3.8, 4) is 0 Å². The molecule has 0 saturated heterocycles. The lowest BCUT2D eigenvalue weighted by atomic mass is 10.1. The fourth-order valence-electron chi connectivity index (χ4n) is 1.64. The van der Waals surface area contributed by atoms with Crippen LogP contribution in [0.25, 0.3) is 0 Å². The summed E-state index contributed by atoms with van der Waals surface area (Å²) in [6, 6.07) is 0. The van der Waals surface area contributed by atoms with E-state index in [1.54, 1.807) is 0 Å². The van der Waals surface area contributed by atoms with Crippen LogP contribution in [0.15, 0.2) is 0 Å². The Hall–Kier alpha value is -0.330. The lowest BCUT2D eigenvalue weighted by Crippen LogP contribution is -2.36. The molecule has 116 valence electrons. The second kappa shape index (κ2) is 11.5. The van der Waals surface area contributed by atoms with Crippen molar-refractivity contribution in [2.75, 3.05) is 26.3 Å². The number of halogens is 3. The molecule has 2 N–H and O–H groups in total. The Morgan fingerprint density at radius 1 is 1.11 bits per heavy atom. The van der Waals surface area contributed by atoms with Crippen LogP contribution < -0.4 is 5.32 Å². The topological polar surface area (TPSA) is 41.5 Å². The van der Waals surface area contributed by atoms with Crippen molar-refractivity contribution >= 4 is 0 Å². The van der Waals surface area contributed by atoms with E-state index < -0.39 is 18.8 Å². The van der Waals surface area contributed by atoms with Gasteiger partial charge in [0.1, 0.15) is 0 Å². The first-order valence-corrected chi connectivity index (χ1v) is 6.99. The second-order valence-electron chi connectivity index (χ2n) is 4.74. The van der Waals surface area contributed by atoms with Gasteiger partial charge in [0.25, 0.3) is 0 Å². The van der Waals surface area contributed by atoms with Crippen molar-refractivity contribution in [1.29, 1.82) is 0 Å². The molecule has 0 aliphatic carbocycles. The van der Waals surface area contributed by atoms with Crippen molar-refractivity contribution in [3.05, 3.63) is 0 Å². The molecule has 0 saturated carbocycles. The minimum Gasteiger partial charge on any atom is -0.389 e. The molecule has 0 aromatic rings. The van der Waals surface area contributed by atoms with E-state index in [2.05, 4.69) is 12.2 Å². The van der Waals surface area contributed by atoms with E-state index in [4.69, 9.17) is 4.74 Å². The van der Waals surface area contributed by atoms with Crippen LogP contribution in [0.4, 0.5) is 13.2 Å². The third kappa shape index (κ3) is 15.6. The van der Waals surface area contributed by atoms with Gasteiger partial charge in [0.15, 0.2) is 0 Å². The van der Waals surface area contributed by atoms with Gasteiger partial charge in [-0.3, -0.25) is 0 Å². The van der Waals surface area contributed by atoms with Gasteiger partial charge < -0.3 is 15.2 Å². The van der Waals surface area contributed by atoms with E-state index in [1.807, 2.05) is 0 Å². The van der Waals surface area contributed by atoms with Crippen molar-refractivity contribution in [2.24, 2.45) is 0 Å². The van der Waals surface area contributed by atoms with E-state index in [1.165, 1.54) is 25.7 Å². The maximum absolute atomic E-state index is 11.8. The summed E-state index contributed by atoms with van der Waals surface area (Å²) in [6.45, 7) is 1.62. The van der Waals surface area contributed by atoms with Crippen LogP contribution in [-0.4, -0.2) is 43.7 Å². The molecule has 0 aromatic heterocycles. The molecule has 0 spiro atoms. The van der Waals surface area contributed by atoms with Crippen LogP contribution in [-0.2, 0) is 4.74 Å². The number of aliphatic hydroxyl groups excluding tert-OH is 1. The summed E-state index contributed by atoms with van der Waals surface area (Å²) >= 11 is 0. The predicted molar refractivity (Wildman–Crippen MR) is 69.1 cm³/mol. The SMILES string of the molecule is CCCCCCCCOCC(O)CNCC(F)(F)F. The van der Waals surface area contributed by atoms with Crippen molar-refractivity contribution in [3.63, 3.8) is 0 Å². The average molecular weight is 285 g/mol. The maximum atomic E-state index is 11.8. The van der Waals surface area contributed by atoms with Gasteiger partial charge in [-0.05, 0) is 6.42 Å². The highest BCUT2D eigenvalue weighted by Gasteiger charge is 2.26. The third-order valence-corrected chi connectivity index (χ3v) is 2.66. The molecular weight excluding hydrogens is 259 g/mol. The van der Waals surface area contributed by atoms with Crippen LogP contribution in [0.3, 0.4) is 0 Å². The second-order valence-corrected chi connectivity index (χ2v) is 4.74. The minimum absolute atomic E-state index is 0.0832. The van der Waals surface area contributed by atoms with E-state index in [0.717, 1.165) is 12.8 Å². The number of nitrogens with one attached hydrogen (secondary N) is 1. The maximum Gasteiger partial charge on any atom is 0.401 e. The summed E-state index contributed by atoms with van der Waals surface area (Å²) in [5, 5.41) is 11.5. The molecule has 6 heteroatoms. The molecule has 0 aromatic carbocycles. The van der Waals surface area contributed by atoms with Gasteiger partial charge in [0, 0.05) is 13.2 Å².